The molecule has 1 fully saturated rings. The van der Waals surface area contributed by atoms with Crippen molar-refractivity contribution in [2.75, 3.05) is 38.0 Å². The number of nitrogens with zero attached hydrogens (tertiary/aromatic N) is 3. The van der Waals surface area contributed by atoms with Gasteiger partial charge in [-0.05, 0) is 44.3 Å². The van der Waals surface area contributed by atoms with Crippen LogP contribution in [0.1, 0.15) is 24.1 Å². The second kappa shape index (κ2) is 8.23. The maximum Gasteiger partial charge on any atom is 0.124 e. The Hall–Kier alpha value is -1.85. The fourth-order valence-corrected chi connectivity index (χ4v) is 4.32. The van der Waals surface area contributed by atoms with Crippen LogP contribution in [0.5, 0.6) is 0 Å². The summed E-state index contributed by atoms with van der Waals surface area (Å²) in [6.07, 6.45) is 2.67. The Balaban J connectivity index is 1.20. The van der Waals surface area contributed by atoms with Gasteiger partial charge in [-0.3, -0.25) is 4.90 Å². The number of fused-ring (bicyclic) bond motifs is 1. The minimum atomic E-state index is 0.616. The maximum atomic E-state index is 4.57. The van der Waals surface area contributed by atoms with Crippen LogP contribution in [0.2, 0.25) is 0 Å². The fraction of sp³-hybridized carbons (Fsp3) is 0.571. The first-order valence-corrected chi connectivity index (χ1v) is 10.0. The van der Waals surface area contributed by atoms with Gasteiger partial charge >= 0.3 is 0 Å². The van der Waals surface area contributed by atoms with Gasteiger partial charge in [0.1, 0.15) is 5.82 Å². The van der Waals surface area contributed by atoms with Crippen molar-refractivity contribution < 1.29 is 0 Å². The van der Waals surface area contributed by atoms with Gasteiger partial charge in [0.2, 0.25) is 0 Å². The van der Waals surface area contributed by atoms with E-state index in [0.29, 0.717) is 5.92 Å². The van der Waals surface area contributed by atoms with Crippen molar-refractivity contribution in [1.82, 2.24) is 20.0 Å². The zero-order chi connectivity index (χ0) is 17.8. The summed E-state index contributed by atoms with van der Waals surface area (Å²) in [5.41, 5.74) is 2.53. The Morgan fingerprint density at radius 3 is 2.88 bits per heavy atom. The van der Waals surface area contributed by atoms with Gasteiger partial charge in [0.25, 0.3) is 0 Å². The standard InChI is InChI=1S/C21H31N5/c1-17-10-21-23-13-20(16-26(21)24-17)12-22-11-19-8-5-9-25(15-19)14-18-6-3-2-4-7-18/h2-4,6-7,10,19-20,22-23H,5,8-9,11-16H2,1H3/t19-,20-/m1/s1. The molecule has 0 radical (unpaired) electrons. The fourth-order valence-electron chi connectivity index (χ4n) is 4.32. The van der Waals surface area contributed by atoms with E-state index in [9.17, 15) is 0 Å². The predicted octanol–water partition coefficient (Wildman–Crippen LogP) is 2.74. The molecule has 3 heterocycles. The number of likely N-dealkylation sites (tertiary alicyclic amines) is 1. The van der Waals surface area contributed by atoms with Gasteiger partial charge < -0.3 is 10.6 Å². The summed E-state index contributed by atoms with van der Waals surface area (Å²) in [6, 6.07) is 13.0. The number of aryl methyl sites for hydroxylation is 1. The van der Waals surface area contributed by atoms with Crippen LogP contribution in [0, 0.1) is 18.8 Å². The second-order valence-corrected chi connectivity index (χ2v) is 7.99. The number of hydrogen-bond acceptors (Lipinski definition) is 4. The molecule has 0 unspecified atom stereocenters. The largest absolute Gasteiger partial charge is 0.370 e. The highest BCUT2D eigenvalue weighted by molar-refractivity contribution is 5.38. The van der Waals surface area contributed by atoms with E-state index >= 15 is 0 Å². The summed E-state index contributed by atoms with van der Waals surface area (Å²) in [5, 5.41) is 11.8. The molecule has 4 rings (SSSR count). The van der Waals surface area contributed by atoms with E-state index < -0.39 is 0 Å². The summed E-state index contributed by atoms with van der Waals surface area (Å²) in [6.45, 7) is 9.87. The summed E-state index contributed by atoms with van der Waals surface area (Å²) in [5.74, 6) is 2.56. The van der Waals surface area contributed by atoms with Crippen molar-refractivity contribution >= 4 is 5.82 Å². The van der Waals surface area contributed by atoms with Gasteiger partial charge in [-0.1, -0.05) is 30.3 Å². The molecule has 0 spiro atoms. The molecular formula is C21H31N5. The Labute approximate surface area is 156 Å². The molecular weight excluding hydrogens is 322 g/mol. The van der Waals surface area contributed by atoms with Crippen molar-refractivity contribution in [2.24, 2.45) is 11.8 Å². The predicted molar refractivity (Wildman–Crippen MR) is 106 cm³/mol. The minimum absolute atomic E-state index is 0.616. The number of benzene rings is 1. The molecule has 2 N–H and O–H groups in total. The highest BCUT2D eigenvalue weighted by atomic mass is 15.3. The number of hydrogen-bond donors (Lipinski definition) is 2. The molecule has 1 aromatic heterocycles. The average Bonchev–Trinajstić information content (AvgIpc) is 3.02. The molecule has 0 amide bonds. The zero-order valence-electron chi connectivity index (χ0n) is 15.8. The molecule has 1 aromatic carbocycles. The minimum Gasteiger partial charge on any atom is -0.370 e. The zero-order valence-corrected chi connectivity index (χ0v) is 15.8. The Kier molecular flexibility index (Phi) is 5.56. The molecule has 26 heavy (non-hydrogen) atoms. The lowest BCUT2D eigenvalue weighted by atomic mass is 9.97. The van der Waals surface area contributed by atoms with Crippen molar-refractivity contribution in [2.45, 2.75) is 32.9 Å². The number of nitrogens with one attached hydrogen (secondary N) is 2. The molecule has 5 heteroatoms. The first-order valence-electron chi connectivity index (χ1n) is 10.0. The highest BCUT2D eigenvalue weighted by Crippen LogP contribution is 2.20. The van der Waals surface area contributed by atoms with Crippen molar-refractivity contribution in [3.8, 4) is 0 Å². The van der Waals surface area contributed by atoms with E-state index in [-0.39, 0.29) is 0 Å². The van der Waals surface area contributed by atoms with Gasteiger partial charge in [-0.2, -0.15) is 5.10 Å². The lowest BCUT2D eigenvalue weighted by Gasteiger charge is -2.33. The summed E-state index contributed by atoms with van der Waals surface area (Å²) < 4.78 is 2.12. The van der Waals surface area contributed by atoms with Gasteiger partial charge in [0, 0.05) is 44.7 Å². The quantitative estimate of drug-likeness (QED) is 0.838. The molecule has 140 valence electrons. The summed E-state index contributed by atoms with van der Waals surface area (Å²) in [4.78, 5) is 2.62. The molecule has 2 atom stereocenters. The monoisotopic (exact) mass is 353 g/mol. The van der Waals surface area contributed by atoms with Crippen LogP contribution in [-0.2, 0) is 13.1 Å². The number of piperidine rings is 1. The third-order valence-electron chi connectivity index (χ3n) is 5.62. The van der Waals surface area contributed by atoms with Crippen LogP contribution in [0.3, 0.4) is 0 Å². The first-order chi connectivity index (χ1) is 12.8. The van der Waals surface area contributed by atoms with E-state index in [1.165, 1.54) is 37.3 Å². The van der Waals surface area contributed by atoms with Crippen LogP contribution < -0.4 is 10.6 Å². The Bertz CT molecular complexity index is 696. The van der Waals surface area contributed by atoms with E-state index in [0.717, 1.165) is 44.3 Å². The second-order valence-electron chi connectivity index (χ2n) is 7.99. The molecule has 0 bridgehead atoms. The molecule has 2 aliphatic rings. The van der Waals surface area contributed by atoms with Gasteiger partial charge in [-0.15, -0.1) is 0 Å². The van der Waals surface area contributed by atoms with E-state index in [4.69, 9.17) is 0 Å². The van der Waals surface area contributed by atoms with Gasteiger partial charge in [0.15, 0.2) is 0 Å². The summed E-state index contributed by atoms with van der Waals surface area (Å²) in [7, 11) is 0. The maximum absolute atomic E-state index is 4.57. The SMILES string of the molecule is Cc1cc2n(n1)C[C@H](CNC[C@H]1CCCN(Cc3ccccc3)C1)CN2. The Morgan fingerprint density at radius 1 is 1.15 bits per heavy atom. The topological polar surface area (TPSA) is 45.1 Å². The number of rotatable bonds is 6. The van der Waals surface area contributed by atoms with Crippen LogP contribution in [0.4, 0.5) is 5.82 Å². The molecule has 5 nitrogen and oxygen atoms in total. The molecule has 2 aromatic rings. The third kappa shape index (κ3) is 4.46. The first kappa shape index (κ1) is 17.6. The lowest BCUT2D eigenvalue weighted by Crippen LogP contribution is -2.41. The highest BCUT2D eigenvalue weighted by Gasteiger charge is 2.22. The van der Waals surface area contributed by atoms with E-state index in [2.05, 4.69) is 68.6 Å². The van der Waals surface area contributed by atoms with Crippen molar-refractivity contribution in [1.29, 1.82) is 0 Å². The number of aromatic nitrogens is 2. The molecule has 0 aliphatic carbocycles. The normalized spacial score (nSPS) is 23.4. The smallest absolute Gasteiger partial charge is 0.124 e. The molecule has 0 saturated carbocycles. The number of anilines is 1. The van der Waals surface area contributed by atoms with Crippen molar-refractivity contribution in [3.63, 3.8) is 0 Å². The van der Waals surface area contributed by atoms with Gasteiger partial charge in [-0.25, -0.2) is 4.68 Å². The average molecular weight is 354 g/mol. The Morgan fingerprint density at radius 2 is 2.00 bits per heavy atom. The third-order valence-corrected chi connectivity index (χ3v) is 5.62. The van der Waals surface area contributed by atoms with Gasteiger partial charge in [0.05, 0.1) is 5.69 Å². The molecule has 1 saturated heterocycles. The van der Waals surface area contributed by atoms with E-state index in [1.54, 1.807) is 0 Å². The van der Waals surface area contributed by atoms with E-state index in [1.807, 2.05) is 0 Å². The van der Waals surface area contributed by atoms with Crippen LogP contribution in [0.15, 0.2) is 36.4 Å². The lowest BCUT2D eigenvalue weighted by molar-refractivity contribution is 0.164. The van der Waals surface area contributed by atoms with Crippen LogP contribution in [0.25, 0.3) is 0 Å². The molecule has 2 aliphatic heterocycles. The van der Waals surface area contributed by atoms with Crippen LogP contribution >= 0.6 is 0 Å². The van der Waals surface area contributed by atoms with Crippen molar-refractivity contribution in [3.05, 3.63) is 47.7 Å². The summed E-state index contributed by atoms with van der Waals surface area (Å²) >= 11 is 0. The van der Waals surface area contributed by atoms with Crippen LogP contribution in [-0.4, -0.2) is 47.4 Å².